The third kappa shape index (κ3) is 3.91. The quantitative estimate of drug-likeness (QED) is 0.178. The SMILES string of the molecule is O=c1c2ccccc2c2c3ccccc3n3c4cc(-c5ccc6c(c5)c5ccccc5n6-c5ccccc5)ccc4nc3c2n1-c1ccccc1. The number of aromatic nitrogens is 4. The molecule has 0 saturated carbocycles. The van der Waals surface area contributed by atoms with Crippen molar-refractivity contribution in [2.45, 2.75) is 0 Å². The van der Waals surface area contributed by atoms with Crippen LogP contribution < -0.4 is 5.56 Å². The van der Waals surface area contributed by atoms with Gasteiger partial charge in [-0.05, 0) is 83.2 Å². The van der Waals surface area contributed by atoms with Crippen molar-refractivity contribution in [3.05, 3.63) is 180 Å². The number of para-hydroxylation sites is 4. The van der Waals surface area contributed by atoms with E-state index in [2.05, 4.69) is 130 Å². The van der Waals surface area contributed by atoms with Gasteiger partial charge < -0.3 is 4.57 Å². The summed E-state index contributed by atoms with van der Waals surface area (Å²) in [4.78, 5) is 19.7. The molecule has 51 heavy (non-hydrogen) atoms. The molecule has 0 radical (unpaired) electrons. The number of hydrogen-bond donors (Lipinski definition) is 0. The van der Waals surface area contributed by atoms with Crippen molar-refractivity contribution >= 4 is 71.1 Å². The van der Waals surface area contributed by atoms with Gasteiger partial charge in [-0.25, -0.2) is 4.98 Å². The second kappa shape index (κ2) is 10.5. The summed E-state index contributed by atoms with van der Waals surface area (Å²) >= 11 is 0. The van der Waals surface area contributed by atoms with Gasteiger partial charge in [-0.1, -0.05) is 103 Å². The maximum absolute atomic E-state index is 14.4. The van der Waals surface area contributed by atoms with Crippen LogP contribution in [-0.4, -0.2) is 18.5 Å². The second-order valence-corrected chi connectivity index (χ2v) is 13.2. The highest BCUT2D eigenvalue weighted by molar-refractivity contribution is 6.23. The minimum absolute atomic E-state index is 0.0582. The van der Waals surface area contributed by atoms with Crippen LogP contribution in [0.1, 0.15) is 0 Å². The van der Waals surface area contributed by atoms with Crippen molar-refractivity contribution in [1.82, 2.24) is 18.5 Å². The number of nitrogens with zero attached hydrogens (tertiary/aromatic N) is 4. The molecule has 0 aliphatic carbocycles. The van der Waals surface area contributed by atoms with Crippen molar-refractivity contribution in [2.24, 2.45) is 0 Å². The maximum Gasteiger partial charge on any atom is 0.263 e. The fraction of sp³-hybridized carbons (Fsp3) is 0. The predicted octanol–water partition coefficient (Wildman–Crippen LogP) is 10.9. The molecule has 0 amide bonds. The Balaban J connectivity index is 1.23. The molecule has 0 unspecified atom stereocenters. The molecule has 5 heteroatoms. The summed E-state index contributed by atoms with van der Waals surface area (Å²) < 4.78 is 6.43. The van der Waals surface area contributed by atoms with Crippen LogP contribution in [0, 0.1) is 0 Å². The van der Waals surface area contributed by atoms with Gasteiger partial charge in [0, 0.05) is 38.3 Å². The summed E-state index contributed by atoms with van der Waals surface area (Å²) in [5.41, 5.74) is 11.0. The Kier molecular flexibility index (Phi) is 5.75. The Morgan fingerprint density at radius 2 is 0.980 bits per heavy atom. The normalized spacial score (nSPS) is 12.0. The molecular formula is C46H28N4O. The third-order valence-corrected chi connectivity index (χ3v) is 10.4. The first-order valence-corrected chi connectivity index (χ1v) is 17.2. The van der Waals surface area contributed by atoms with E-state index in [1.165, 1.54) is 21.8 Å². The van der Waals surface area contributed by atoms with Crippen LogP contribution in [0.4, 0.5) is 0 Å². The highest BCUT2D eigenvalue weighted by Gasteiger charge is 2.22. The molecular weight excluding hydrogens is 625 g/mol. The van der Waals surface area contributed by atoms with Crippen molar-refractivity contribution < 1.29 is 0 Å². The van der Waals surface area contributed by atoms with Gasteiger partial charge in [-0.15, -0.1) is 0 Å². The zero-order valence-corrected chi connectivity index (χ0v) is 27.4. The summed E-state index contributed by atoms with van der Waals surface area (Å²) in [7, 11) is 0. The van der Waals surface area contributed by atoms with Gasteiger partial charge in [0.25, 0.3) is 5.56 Å². The lowest BCUT2D eigenvalue weighted by Crippen LogP contribution is -2.20. The number of hydrogen-bond acceptors (Lipinski definition) is 2. The molecule has 0 saturated heterocycles. The van der Waals surface area contributed by atoms with Gasteiger partial charge in [0.15, 0.2) is 5.65 Å². The van der Waals surface area contributed by atoms with Crippen LogP contribution >= 0.6 is 0 Å². The second-order valence-electron chi connectivity index (χ2n) is 13.2. The molecule has 238 valence electrons. The standard InChI is InChI=1S/C46H28N4O/c51-46-35-19-8-7-18-34(35)43-36-20-10-12-22-40(36)50-42-28-30(23-25-38(42)47-45(50)44(43)49(46)32-15-5-2-6-16-32)29-24-26-41-37(27-29)33-17-9-11-21-39(33)48(41)31-13-3-1-4-14-31/h1-28H. The van der Waals surface area contributed by atoms with Gasteiger partial charge >= 0.3 is 0 Å². The molecule has 0 bridgehead atoms. The van der Waals surface area contributed by atoms with E-state index in [-0.39, 0.29) is 5.56 Å². The molecule has 0 aliphatic heterocycles. The van der Waals surface area contributed by atoms with Crippen LogP contribution in [0.15, 0.2) is 175 Å². The molecule has 0 atom stereocenters. The van der Waals surface area contributed by atoms with Crippen LogP contribution in [0.25, 0.3) is 93.6 Å². The Hall–Kier alpha value is -6.98. The summed E-state index contributed by atoms with van der Waals surface area (Å²) in [5.74, 6) is 0. The maximum atomic E-state index is 14.4. The van der Waals surface area contributed by atoms with Crippen LogP contribution in [0.3, 0.4) is 0 Å². The van der Waals surface area contributed by atoms with E-state index in [1.807, 2.05) is 53.1 Å². The van der Waals surface area contributed by atoms with Crippen LogP contribution in [0.2, 0.25) is 0 Å². The van der Waals surface area contributed by atoms with E-state index >= 15 is 0 Å². The van der Waals surface area contributed by atoms with Crippen LogP contribution in [-0.2, 0) is 0 Å². The van der Waals surface area contributed by atoms with E-state index in [0.717, 1.165) is 66.4 Å². The summed E-state index contributed by atoms with van der Waals surface area (Å²) in [5, 5.41) is 6.14. The van der Waals surface area contributed by atoms with Crippen molar-refractivity contribution in [3.63, 3.8) is 0 Å². The predicted molar refractivity (Wildman–Crippen MR) is 211 cm³/mol. The molecule has 0 spiro atoms. The van der Waals surface area contributed by atoms with E-state index in [1.54, 1.807) is 0 Å². The Morgan fingerprint density at radius 3 is 1.75 bits per heavy atom. The molecule has 11 rings (SSSR count). The Labute approximate surface area is 291 Å². The molecule has 4 aromatic heterocycles. The van der Waals surface area contributed by atoms with E-state index in [0.29, 0.717) is 5.39 Å². The molecule has 11 aromatic rings. The fourth-order valence-corrected chi connectivity index (χ4v) is 8.20. The lowest BCUT2D eigenvalue weighted by molar-refractivity contribution is 1.06. The lowest BCUT2D eigenvalue weighted by atomic mass is 10.0. The molecule has 5 nitrogen and oxygen atoms in total. The first-order valence-electron chi connectivity index (χ1n) is 17.2. The lowest BCUT2D eigenvalue weighted by Gasteiger charge is -2.17. The molecule has 0 aliphatic rings. The monoisotopic (exact) mass is 652 g/mol. The Bertz CT molecular complexity index is 3260. The average molecular weight is 653 g/mol. The molecule has 0 fully saturated rings. The van der Waals surface area contributed by atoms with Crippen molar-refractivity contribution in [3.8, 4) is 22.5 Å². The minimum Gasteiger partial charge on any atom is -0.309 e. The summed E-state index contributed by atoms with van der Waals surface area (Å²) in [6.45, 7) is 0. The zero-order valence-electron chi connectivity index (χ0n) is 27.4. The van der Waals surface area contributed by atoms with Gasteiger partial charge in [0.05, 0.1) is 27.6 Å². The first kappa shape index (κ1) is 27.9. The topological polar surface area (TPSA) is 44.2 Å². The van der Waals surface area contributed by atoms with Gasteiger partial charge in [0.1, 0.15) is 5.52 Å². The van der Waals surface area contributed by atoms with Crippen molar-refractivity contribution in [2.75, 3.05) is 0 Å². The number of rotatable bonds is 3. The first-order chi connectivity index (χ1) is 25.2. The molecule has 7 aromatic carbocycles. The number of fused-ring (bicyclic) bond motifs is 13. The van der Waals surface area contributed by atoms with Crippen LogP contribution in [0.5, 0.6) is 0 Å². The minimum atomic E-state index is -0.0582. The number of benzene rings is 7. The average Bonchev–Trinajstić information content (AvgIpc) is 3.74. The van der Waals surface area contributed by atoms with Gasteiger partial charge in [-0.2, -0.15) is 0 Å². The molecule has 4 heterocycles. The largest absolute Gasteiger partial charge is 0.309 e. The van der Waals surface area contributed by atoms with Gasteiger partial charge in [-0.3, -0.25) is 13.8 Å². The fourth-order valence-electron chi connectivity index (χ4n) is 8.20. The Morgan fingerprint density at radius 1 is 0.412 bits per heavy atom. The van der Waals surface area contributed by atoms with Crippen molar-refractivity contribution in [1.29, 1.82) is 0 Å². The third-order valence-electron chi connectivity index (χ3n) is 10.4. The smallest absolute Gasteiger partial charge is 0.263 e. The number of pyridine rings is 2. The highest BCUT2D eigenvalue weighted by atomic mass is 16.1. The van der Waals surface area contributed by atoms with E-state index in [4.69, 9.17) is 4.98 Å². The summed E-state index contributed by atoms with van der Waals surface area (Å²) in [6.07, 6.45) is 0. The highest BCUT2D eigenvalue weighted by Crippen LogP contribution is 2.39. The molecule has 0 N–H and O–H groups in total. The van der Waals surface area contributed by atoms with E-state index < -0.39 is 0 Å². The van der Waals surface area contributed by atoms with E-state index in [9.17, 15) is 4.79 Å². The number of imidazole rings is 1. The zero-order chi connectivity index (χ0) is 33.6. The van der Waals surface area contributed by atoms with Gasteiger partial charge in [0.2, 0.25) is 0 Å². The summed E-state index contributed by atoms with van der Waals surface area (Å²) in [6, 6.07) is 58.8.